The molecule has 4 rings (SSSR count). The summed E-state index contributed by atoms with van der Waals surface area (Å²) in [7, 11) is -3.17. The molecule has 0 saturated carbocycles. The van der Waals surface area contributed by atoms with Gasteiger partial charge in [0.05, 0.1) is 35.8 Å². The molecule has 1 N–H and O–H groups in total. The number of oxime groups is 1. The lowest BCUT2D eigenvalue weighted by molar-refractivity contribution is -0.165. The van der Waals surface area contributed by atoms with E-state index in [1.54, 1.807) is 6.92 Å². The molecule has 13 heteroatoms. The molecular formula is C22H24ClFN4O6S. The maximum Gasteiger partial charge on any atom is 0.270 e. The van der Waals surface area contributed by atoms with Crippen LogP contribution in [0.4, 0.5) is 4.39 Å². The molecule has 3 heterocycles. The van der Waals surface area contributed by atoms with E-state index in [4.69, 9.17) is 25.9 Å². The number of hydrogen-bond acceptors (Lipinski definition) is 9. The Morgan fingerprint density at radius 3 is 2.69 bits per heavy atom. The molecule has 188 valence electrons. The average Bonchev–Trinajstić information content (AvgIpc) is 3.29. The molecule has 0 spiro atoms. The number of carbonyl (C=O) groups excluding carboxylic acids is 1. The summed E-state index contributed by atoms with van der Waals surface area (Å²) in [5, 5.41) is 6.81. The molecule has 0 aliphatic carbocycles. The van der Waals surface area contributed by atoms with Gasteiger partial charge < -0.3 is 19.6 Å². The Hall–Kier alpha value is -2.67. The third kappa shape index (κ3) is 6.72. The Balaban J connectivity index is 1.35. The number of halogens is 2. The number of ether oxygens (including phenoxy) is 2. The molecule has 0 radical (unpaired) electrons. The highest BCUT2D eigenvalue weighted by Gasteiger charge is 2.36. The third-order valence-corrected chi connectivity index (χ3v) is 6.66. The first-order valence-electron chi connectivity index (χ1n) is 10.8. The van der Waals surface area contributed by atoms with Crippen molar-refractivity contribution in [3.63, 3.8) is 0 Å². The van der Waals surface area contributed by atoms with Crippen molar-refractivity contribution in [1.82, 2.24) is 15.3 Å². The standard InChI is InChI=1S/C22H24ClFN4O6S/c1-12-26-17(6-19(27-12)22(29)25-8-13-3-4-16(24)15(23)5-13)18-7-20(34-28-18)21-10-32-14(9-33-21)11-35(2,30)31/h3-6,14,20-21H,7-11H2,1-2H3,(H,25,29)/t14-,20?,21+/m0/s1. The van der Waals surface area contributed by atoms with Gasteiger partial charge in [0.1, 0.15) is 39.0 Å². The number of hydrogen-bond donors (Lipinski definition) is 1. The zero-order valence-electron chi connectivity index (χ0n) is 19.0. The van der Waals surface area contributed by atoms with E-state index in [0.717, 1.165) is 6.26 Å². The van der Waals surface area contributed by atoms with Gasteiger partial charge in [-0.2, -0.15) is 0 Å². The van der Waals surface area contributed by atoms with E-state index in [0.29, 0.717) is 29.2 Å². The zero-order valence-corrected chi connectivity index (χ0v) is 20.6. The largest absolute Gasteiger partial charge is 0.389 e. The van der Waals surface area contributed by atoms with Crippen molar-refractivity contribution in [2.75, 3.05) is 25.2 Å². The van der Waals surface area contributed by atoms with Crippen molar-refractivity contribution in [3.05, 3.63) is 57.9 Å². The predicted molar refractivity (Wildman–Crippen MR) is 125 cm³/mol. The second-order valence-electron chi connectivity index (χ2n) is 8.42. The summed E-state index contributed by atoms with van der Waals surface area (Å²) < 4.78 is 47.6. The van der Waals surface area contributed by atoms with Gasteiger partial charge in [0.2, 0.25) is 0 Å². The van der Waals surface area contributed by atoms with E-state index in [-0.39, 0.29) is 36.2 Å². The average molecular weight is 527 g/mol. The number of aromatic nitrogens is 2. The molecule has 0 bridgehead atoms. The number of benzene rings is 1. The Morgan fingerprint density at radius 1 is 1.20 bits per heavy atom. The number of amides is 1. The number of sulfone groups is 1. The van der Waals surface area contributed by atoms with Crippen LogP contribution in [0.3, 0.4) is 0 Å². The van der Waals surface area contributed by atoms with Crippen molar-refractivity contribution in [2.45, 2.75) is 38.2 Å². The van der Waals surface area contributed by atoms with Crippen LogP contribution in [-0.4, -0.2) is 73.5 Å². The van der Waals surface area contributed by atoms with Crippen LogP contribution >= 0.6 is 11.6 Å². The molecule has 35 heavy (non-hydrogen) atoms. The number of aryl methyl sites for hydroxylation is 1. The molecule has 3 atom stereocenters. The Bertz CT molecular complexity index is 1250. The molecular weight excluding hydrogens is 503 g/mol. The van der Waals surface area contributed by atoms with Gasteiger partial charge in [-0.05, 0) is 30.7 Å². The van der Waals surface area contributed by atoms with Gasteiger partial charge >= 0.3 is 0 Å². The smallest absolute Gasteiger partial charge is 0.270 e. The SMILES string of the molecule is Cc1nc(C(=O)NCc2ccc(F)c(Cl)c2)cc(C2=NOC([C@H]3CO[C@H](CS(C)(=O)=O)CO3)C2)n1. The van der Waals surface area contributed by atoms with E-state index < -0.39 is 39.9 Å². The lowest BCUT2D eigenvalue weighted by Crippen LogP contribution is -2.44. The van der Waals surface area contributed by atoms with Crippen LogP contribution in [0.15, 0.2) is 29.4 Å². The second-order valence-corrected chi connectivity index (χ2v) is 11.0. The predicted octanol–water partition coefficient (Wildman–Crippen LogP) is 1.83. The van der Waals surface area contributed by atoms with Gasteiger partial charge in [0.15, 0.2) is 6.10 Å². The molecule has 2 aromatic rings. The lowest BCUT2D eigenvalue weighted by atomic mass is 10.0. The van der Waals surface area contributed by atoms with Gasteiger partial charge in [0.25, 0.3) is 5.91 Å². The molecule has 1 fully saturated rings. The van der Waals surface area contributed by atoms with Crippen LogP contribution in [-0.2, 0) is 30.7 Å². The van der Waals surface area contributed by atoms with Crippen molar-refractivity contribution in [3.8, 4) is 0 Å². The second kappa shape index (κ2) is 10.5. The first-order valence-corrected chi connectivity index (χ1v) is 13.2. The first-order chi connectivity index (χ1) is 16.6. The Morgan fingerprint density at radius 2 is 2.00 bits per heavy atom. The van der Waals surface area contributed by atoms with Crippen LogP contribution < -0.4 is 5.32 Å². The Kier molecular flexibility index (Phi) is 7.64. The fraction of sp³-hybridized carbons (Fsp3) is 0.455. The van der Waals surface area contributed by atoms with Crippen LogP contribution in [0, 0.1) is 12.7 Å². The molecule has 1 aromatic carbocycles. The highest BCUT2D eigenvalue weighted by molar-refractivity contribution is 7.90. The van der Waals surface area contributed by atoms with E-state index in [1.165, 1.54) is 24.3 Å². The molecule has 1 aromatic heterocycles. The van der Waals surface area contributed by atoms with Crippen LogP contribution in [0.1, 0.15) is 34.0 Å². The molecule has 2 aliphatic rings. The number of nitrogens with one attached hydrogen (secondary N) is 1. The maximum atomic E-state index is 13.3. The zero-order chi connectivity index (χ0) is 25.2. The Labute approximate surface area is 206 Å². The molecule has 10 nitrogen and oxygen atoms in total. The maximum absolute atomic E-state index is 13.3. The summed E-state index contributed by atoms with van der Waals surface area (Å²) in [6.45, 7) is 2.12. The lowest BCUT2D eigenvalue weighted by Gasteiger charge is -2.31. The van der Waals surface area contributed by atoms with Gasteiger partial charge in [-0.25, -0.2) is 22.8 Å². The normalized spacial score (nSPS) is 22.4. The topological polar surface area (TPSA) is 129 Å². The monoisotopic (exact) mass is 526 g/mol. The van der Waals surface area contributed by atoms with Crippen molar-refractivity contribution in [2.24, 2.45) is 5.16 Å². The summed E-state index contributed by atoms with van der Waals surface area (Å²) in [4.78, 5) is 26.8. The molecule has 2 aliphatic heterocycles. The third-order valence-electron chi connectivity index (χ3n) is 5.39. The fourth-order valence-corrected chi connectivity index (χ4v) is 4.78. The van der Waals surface area contributed by atoms with Gasteiger partial charge in [0, 0.05) is 19.2 Å². The minimum atomic E-state index is -3.17. The summed E-state index contributed by atoms with van der Waals surface area (Å²) in [5.41, 5.74) is 1.76. The minimum absolute atomic E-state index is 0.0241. The highest BCUT2D eigenvalue weighted by atomic mass is 35.5. The summed E-state index contributed by atoms with van der Waals surface area (Å²) in [5.74, 6) is -0.694. The highest BCUT2D eigenvalue weighted by Crippen LogP contribution is 2.23. The molecule has 1 saturated heterocycles. The van der Waals surface area contributed by atoms with Gasteiger partial charge in [-0.1, -0.05) is 22.8 Å². The van der Waals surface area contributed by atoms with Crippen LogP contribution in [0.25, 0.3) is 0 Å². The number of carbonyl (C=O) groups is 1. The van der Waals surface area contributed by atoms with E-state index in [2.05, 4.69) is 20.4 Å². The van der Waals surface area contributed by atoms with E-state index in [9.17, 15) is 17.6 Å². The van der Waals surface area contributed by atoms with Crippen LogP contribution in [0.5, 0.6) is 0 Å². The van der Waals surface area contributed by atoms with Crippen molar-refractivity contribution >= 4 is 33.1 Å². The number of nitrogens with zero attached hydrogens (tertiary/aromatic N) is 3. The summed E-state index contributed by atoms with van der Waals surface area (Å²) >= 11 is 5.79. The summed E-state index contributed by atoms with van der Waals surface area (Å²) in [6.07, 6.45) is 0.162. The first kappa shape index (κ1) is 25.4. The van der Waals surface area contributed by atoms with Crippen molar-refractivity contribution in [1.29, 1.82) is 0 Å². The molecule has 1 amide bonds. The van der Waals surface area contributed by atoms with Gasteiger partial charge in [-0.3, -0.25) is 4.79 Å². The number of rotatable bonds is 7. The summed E-state index contributed by atoms with van der Waals surface area (Å²) in [6, 6.07) is 5.73. The van der Waals surface area contributed by atoms with E-state index >= 15 is 0 Å². The van der Waals surface area contributed by atoms with Crippen molar-refractivity contribution < 1.29 is 31.9 Å². The quantitative estimate of drug-likeness (QED) is 0.578. The molecule has 1 unspecified atom stereocenters. The fourth-order valence-electron chi connectivity index (χ4n) is 3.71. The van der Waals surface area contributed by atoms with Gasteiger partial charge in [-0.15, -0.1) is 0 Å². The minimum Gasteiger partial charge on any atom is -0.389 e. The van der Waals surface area contributed by atoms with Crippen LogP contribution in [0.2, 0.25) is 5.02 Å². The van der Waals surface area contributed by atoms with E-state index in [1.807, 2.05) is 0 Å².